The largest absolute Gasteiger partial charge is 0.340 e. The minimum absolute atomic E-state index is 0.0616. The minimum atomic E-state index is -0.379. The molecule has 0 bridgehead atoms. The second kappa shape index (κ2) is 8.97. The maximum Gasteiger partial charge on any atom is 0.225 e. The predicted molar refractivity (Wildman–Crippen MR) is 124 cm³/mol. The summed E-state index contributed by atoms with van der Waals surface area (Å²) in [5.74, 6) is 0.282. The standard InChI is InChI=1S/C25H25FN6O/c1-17-13-20(30-24-9-8-19(26)16-27-24)14-21(29-17)23-7-4-11-31(23)25(33)10-12-32-22-6-3-2-5-18(22)15-28-32/h2-3,5-6,8-9,13-16,23H,4,7,10-12H2,1H3,(H,27,29,30). The quantitative estimate of drug-likeness (QED) is 0.464. The third-order valence-electron chi connectivity index (χ3n) is 5.98. The number of amides is 1. The van der Waals surface area contributed by atoms with Crippen molar-refractivity contribution in [3.8, 4) is 0 Å². The Balaban J connectivity index is 1.30. The summed E-state index contributed by atoms with van der Waals surface area (Å²) in [6.07, 6.45) is 5.22. The number of hydrogen-bond acceptors (Lipinski definition) is 5. The van der Waals surface area contributed by atoms with Crippen LogP contribution < -0.4 is 5.32 Å². The minimum Gasteiger partial charge on any atom is -0.340 e. The molecule has 1 aliphatic heterocycles. The van der Waals surface area contributed by atoms with Crippen LogP contribution in [0, 0.1) is 12.7 Å². The number of aryl methyl sites for hydroxylation is 2. The van der Waals surface area contributed by atoms with E-state index in [0.717, 1.165) is 47.4 Å². The first-order chi connectivity index (χ1) is 16.1. The SMILES string of the molecule is Cc1cc(Nc2ccc(F)cn2)cc(C2CCCN2C(=O)CCn2ncc3ccccc32)n1. The summed E-state index contributed by atoms with van der Waals surface area (Å²) in [5, 5.41) is 8.72. The van der Waals surface area contributed by atoms with E-state index >= 15 is 0 Å². The zero-order valence-corrected chi connectivity index (χ0v) is 18.4. The van der Waals surface area contributed by atoms with Gasteiger partial charge < -0.3 is 10.2 Å². The average molecular weight is 445 g/mol. The first-order valence-electron chi connectivity index (χ1n) is 11.1. The predicted octanol–water partition coefficient (Wildman–Crippen LogP) is 4.77. The van der Waals surface area contributed by atoms with Gasteiger partial charge in [0.25, 0.3) is 0 Å². The van der Waals surface area contributed by atoms with Gasteiger partial charge in [-0.1, -0.05) is 18.2 Å². The van der Waals surface area contributed by atoms with E-state index in [0.29, 0.717) is 18.8 Å². The summed E-state index contributed by atoms with van der Waals surface area (Å²) in [4.78, 5) is 23.9. The van der Waals surface area contributed by atoms with Crippen LogP contribution in [0.15, 0.2) is 60.9 Å². The Bertz CT molecular complexity index is 1290. The van der Waals surface area contributed by atoms with Gasteiger partial charge in [0.15, 0.2) is 0 Å². The first kappa shape index (κ1) is 21.1. The molecule has 0 saturated carbocycles. The molecule has 4 heterocycles. The Kier molecular flexibility index (Phi) is 5.73. The molecule has 1 N–H and O–H groups in total. The maximum absolute atomic E-state index is 13.2. The van der Waals surface area contributed by atoms with Gasteiger partial charge in [0.05, 0.1) is 36.2 Å². The van der Waals surface area contributed by atoms with E-state index < -0.39 is 0 Å². The molecule has 0 spiro atoms. The lowest BCUT2D eigenvalue weighted by Gasteiger charge is -2.25. The van der Waals surface area contributed by atoms with Crippen LogP contribution in [-0.4, -0.2) is 37.1 Å². The van der Waals surface area contributed by atoms with Crippen LogP contribution in [0.3, 0.4) is 0 Å². The molecule has 1 aliphatic rings. The van der Waals surface area contributed by atoms with Crippen molar-refractivity contribution in [2.75, 3.05) is 11.9 Å². The normalized spacial score (nSPS) is 15.8. The van der Waals surface area contributed by atoms with E-state index in [4.69, 9.17) is 4.98 Å². The lowest BCUT2D eigenvalue weighted by molar-refractivity contribution is -0.132. The van der Waals surface area contributed by atoms with Crippen molar-refractivity contribution in [2.24, 2.45) is 0 Å². The van der Waals surface area contributed by atoms with Crippen LogP contribution in [0.1, 0.15) is 36.7 Å². The first-order valence-corrected chi connectivity index (χ1v) is 11.1. The molecular formula is C25H25FN6O. The molecule has 1 fully saturated rings. The maximum atomic E-state index is 13.2. The van der Waals surface area contributed by atoms with Crippen molar-refractivity contribution < 1.29 is 9.18 Å². The van der Waals surface area contributed by atoms with Gasteiger partial charge in [-0.05, 0) is 50.1 Å². The summed E-state index contributed by atoms with van der Waals surface area (Å²) in [6.45, 7) is 3.19. The van der Waals surface area contributed by atoms with Crippen molar-refractivity contribution in [1.29, 1.82) is 0 Å². The van der Waals surface area contributed by atoms with E-state index in [1.165, 1.54) is 12.3 Å². The van der Waals surface area contributed by atoms with Crippen LogP contribution >= 0.6 is 0 Å². The molecular weight excluding hydrogens is 419 g/mol. The topological polar surface area (TPSA) is 75.9 Å². The number of anilines is 2. The fourth-order valence-electron chi connectivity index (χ4n) is 4.46. The van der Waals surface area contributed by atoms with Crippen molar-refractivity contribution in [1.82, 2.24) is 24.6 Å². The van der Waals surface area contributed by atoms with Gasteiger partial charge in [-0.2, -0.15) is 5.10 Å². The zero-order valence-electron chi connectivity index (χ0n) is 18.4. The Morgan fingerprint density at radius 3 is 2.91 bits per heavy atom. The van der Waals surface area contributed by atoms with Crippen LogP contribution in [-0.2, 0) is 11.3 Å². The highest BCUT2D eigenvalue weighted by Gasteiger charge is 2.31. The average Bonchev–Trinajstić information content (AvgIpc) is 3.46. The monoisotopic (exact) mass is 444 g/mol. The number of rotatable bonds is 6. The van der Waals surface area contributed by atoms with Crippen LogP contribution in [0.4, 0.5) is 15.9 Å². The van der Waals surface area contributed by atoms with E-state index in [1.807, 2.05) is 59.1 Å². The molecule has 0 aliphatic carbocycles. The number of benzene rings is 1. The molecule has 33 heavy (non-hydrogen) atoms. The number of likely N-dealkylation sites (tertiary alicyclic amines) is 1. The molecule has 1 atom stereocenters. The number of nitrogens with zero attached hydrogens (tertiary/aromatic N) is 5. The molecule has 1 aromatic carbocycles. The van der Waals surface area contributed by atoms with E-state index in [2.05, 4.69) is 15.4 Å². The third kappa shape index (κ3) is 4.55. The van der Waals surface area contributed by atoms with E-state index in [-0.39, 0.29) is 17.8 Å². The van der Waals surface area contributed by atoms with E-state index in [1.54, 1.807) is 6.07 Å². The zero-order chi connectivity index (χ0) is 22.8. The van der Waals surface area contributed by atoms with Gasteiger partial charge in [-0.3, -0.25) is 14.5 Å². The fourth-order valence-corrected chi connectivity index (χ4v) is 4.46. The molecule has 1 amide bonds. The number of halogens is 1. The number of carbonyl (C=O) groups is 1. The summed E-state index contributed by atoms with van der Waals surface area (Å²) < 4.78 is 15.1. The fraction of sp³-hybridized carbons (Fsp3) is 0.280. The molecule has 168 valence electrons. The Morgan fingerprint density at radius 2 is 2.06 bits per heavy atom. The Hall–Kier alpha value is -3.81. The molecule has 4 aromatic rings. The number of carbonyl (C=O) groups excluding carboxylic acids is 1. The molecule has 1 saturated heterocycles. The number of nitrogens with one attached hydrogen (secondary N) is 1. The number of hydrogen-bond donors (Lipinski definition) is 1. The highest BCUT2D eigenvalue weighted by Crippen LogP contribution is 2.33. The lowest BCUT2D eigenvalue weighted by atomic mass is 10.1. The smallest absolute Gasteiger partial charge is 0.225 e. The number of pyridine rings is 2. The highest BCUT2D eigenvalue weighted by atomic mass is 19.1. The molecule has 0 radical (unpaired) electrons. The summed E-state index contributed by atoms with van der Waals surface area (Å²) in [6, 6.07) is 14.8. The highest BCUT2D eigenvalue weighted by molar-refractivity contribution is 5.79. The van der Waals surface area contributed by atoms with Crippen molar-refractivity contribution in [3.63, 3.8) is 0 Å². The van der Waals surface area contributed by atoms with Crippen molar-refractivity contribution in [2.45, 2.75) is 38.8 Å². The Morgan fingerprint density at radius 1 is 1.18 bits per heavy atom. The van der Waals surface area contributed by atoms with Gasteiger partial charge in [0, 0.05) is 29.7 Å². The summed E-state index contributed by atoms with van der Waals surface area (Å²) >= 11 is 0. The van der Waals surface area contributed by atoms with Gasteiger partial charge >= 0.3 is 0 Å². The second-order valence-electron chi connectivity index (χ2n) is 8.33. The van der Waals surface area contributed by atoms with Gasteiger partial charge in [0.1, 0.15) is 11.6 Å². The van der Waals surface area contributed by atoms with Gasteiger partial charge in [-0.25, -0.2) is 9.37 Å². The lowest BCUT2D eigenvalue weighted by Crippen LogP contribution is -2.31. The number of para-hydroxylation sites is 1. The molecule has 8 heteroatoms. The summed E-state index contributed by atoms with van der Waals surface area (Å²) in [7, 11) is 0. The van der Waals surface area contributed by atoms with Crippen molar-refractivity contribution >= 4 is 28.3 Å². The molecule has 3 aromatic heterocycles. The van der Waals surface area contributed by atoms with Gasteiger partial charge in [0.2, 0.25) is 5.91 Å². The Labute approximate surface area is 191 Å². The summed E-state index contributed by atoms with van der Waals surface area (Å²) in [5.41, 5.74) is 3.56. The van der Waals surface area contributed by atoms with Crippen LogP contribution in [0.5, 0.6) is 0 Å². The van der Waals surface area contributed by atoms with Crippen LogP contribution in [0.25, 0.3) is 10.9 Å². The number of aromatic nitrogens is 4. The van der Waals surface area contributed by atoms with Crippen molar-refractivity contribution in [3.05, 3.63) is 78.1 Å². The van der Waals surface area contributed by atoms with Gasteiger partial charge in [-0.15, -0.1) is 0 Å². The van der Waals surface area contributed by atoms with E-state index in [9.17, 15) is 9.18 Å². The molecule has 1 unspecified atom stereocenters. The molecule has 7 nitrogen and oxygen atoms in total. The number of fused-ring (bicyclic) bond motifs is 1. The second-order valence-corrected chi connectivity index (χ2v) is 8.33. The molecule has 5 rings (SSSR count). The third-order valence-corrected chi connectivity index (χ3v) is 5.98. The van der Waals surface area contributed by atoms with Crippen LogP contribution in [0.2, 0.25) is 0 Å².